The smallest absolute Gasteiger partial charge is 0.250 e. The van der Waals surface area contributed by atoms with Crippen LogP contribution in [0.1, 0.15) is 0 Å². The van der Waals surface area contributed by atoms with E-state index in [1.54, 1.807) is 24.3 Å². The minimum absolute atomic E-state index is 0.0134. The molecule has 0 N–H and O–H groups in total. The molecule has 4 nitrogen and oxygen atoms in total. The van der Waals surface area contributed by atoms with Crippen LogP contribution in [0.4, 0.5) is 5.69 Å². The van der Waals surface area contributed by atoms with Crippen LogP contribution in [-0.4, -0.2) is 26.6 Å². The summed E-state index contributed by atoms with van der Waals surface area (Å²) in [5.74, 6) is -0.593. The first kappa shape index (κ1) is 15.5. The molecule has 1 amide bonds. The summed E-state index contributed by atoms with van der Waals surface area (Å²) in [4.78, 5) is 13.1. The molecule has 0 aliphatic rings. The Bertz CT molecular complexity index is 596. The van der Waals surface area contributed by atoms with Crippen LogP contribution in [0.25, 0.3) is 0 Å². The Morgan fingerprint density at radius 2 is 2.05 bits per heavy atom. The van der Waals surface area contributed by atoms with E-state index in [1.807, 2.05) is 0 Å². The van der Waals surface area contributed by atoms with Crippen molar-refractivity contribution in [2.45, 2.75) is 0 Å². The molecule has 1 rings (SSSR count). The van der Waals surface area contributed by atoms with E-state index >= 15 is 0 Å². The molecule has 0 radical (unpaired) electrons. The molecule has 102 valence electrons. The van der Waals surface area contributed by atoms with Crippen molar-refractivity contribution in [1.29, 1.82) is 0 Å². The molecule has 0 spiro atoms. The zero-order valence-corrected chi connectivity index (χ0v) is 11.8. The highest BCUT2D eigenvalue weighted by molar-refractivity contribution is 7.94. The molecule has 19 heavy (non-hydrogen) atoms. The second-order valence-corrected chi connectivity index (χ2v) is 6.21. The number of anilines is 1. The number of benzene rings is 1. The fourth-order valence-corrected chi connectivity index (χ4v) is 2.21. The Kier molecular flexibility index (Phi) is 5.32. The van der Waals surface area contributed by atoms with Gasteiger partial charge in [0.25, 0.3) is 0 Å². The van der Waals surface area contributed by atoms with E-state index in [4.69, 9.17) is 11.6 Å². The SMILES string of the molecule is C=CC(=O)N(CCS(=O)(=O)C=C)c1cccc(Cl)c1. The van der Waals surface area contributed by atoms with Gasteiger partial charge in [-0.3, -0.25) is 4.79 Å². The van der Waals surface area contributed by atoms with E-state index in [9.17, 15) is 13.2 Å². The molecule has 0 aromatic heterocycles. The minimum atomic E-state index is -3.37. The van der Waals surface area contributed by atoms with Crippen LogP contribution in [0.5, 0.6) is 0 Å². The van der Waals surface area contributed by atoms with Crippen molar-refractivity contribution in [3.63, 3.8) is 0 Å². The fraction of sp³-hybridized carbons (Fsp3) is 0.154. The first-order valence-electron chi connectivity index (χ1n) is 5.44. The molecule has 0 unspecified atom stereocenters. The molecular weight excluding hydrogens is 286 g/mol. The lowest BCUT2D eigenvalue weighted by atomic mass is 10.3. The lowest BCUT2D eigenvalue weighted by Gasteiger charge is -2.21. The molecule has 1 aromatic rings. The van der Waals surface area contributed by atoms with E-state index in [0.29, 0.717) is 10.7 Å². The predicted molar refractivity (Wildman–Crippen MR) is 78.0 cm³/mol. The van der Waals surface area contributed by atoms with Gasteiger partial charge in [0.1, 0.15) is 0 Å². The molecule has 0 atom stereocenters. The van der Waals surface area contributed by atoms with E-state index < -0.39 is 9.84 Å². The van der Waals surface area contributed by atoms with Gasteiger partial charge in [-0.15, -0.1) is 0 Å². The zero-order valence-electron chi connectivity index (χ0n) is 10.3. The highest BCUT2D eigenvalue weighted by atomic mass is 35.5. The van der Waals surface area contributed by atoms with Gasteiger partial charge in [0, 0.05) is 22.7 Å². The lowest BCUT2D eigenvalue weighted by molar-refractivity contribution is -0.114. The van der Waals surface area contributed by atoms with Gasteiger partial charge in [0.05, 0.1) is 5.75 Å². The van der Waals surface area contributed by atoms with Gasteiger partial charge in [0.2, 0.25) is 5.91 Å². The van der Waals surface area contributed by atoms with E-state index in [0.717, 1.165) is 11.5 Å². The molecule has 0 heterocycles. The van der Waals surface area contributed by atoms with Crippen molar-refractivity contribution in [3.05, 3.63) is 53.9 Å². The maximum Gasteiger partial charge on any atom is 0.250 e. The molecule has 0 fully saturated rings. The van der Waals surface area contributed by atoms with Crippen molar-refractivity contribution < 1.29 is 13.2 Å². The molecular formula is C13H14ClNO3S. The Labute approximate surface area is 117 Å². The lowest BCUT2D eigenvalue weighted by Crippen LogP contribution is -2.33. The number of nitrogens with zero attached hydrogens (tertiary/aromatic N) is 1. The highest BCUT2D eigenvalue weighted by Crippen LogP contribution is 2.20. The maximum atomic E-state index is 11.8. The van der Waals surface area contributed by atoms with Crippen molar-refractivity contribution in [2.24, 2.45) is 0 Å². The molecule has 0 saturated heterocycles. The Morgan fingerprint density at radius 1 is 1.37 bits per heavy atom. The first-order valence-corrected chi connectivity index (χ1v) is 7.53. The van der Waals surface area contributed by atoms with E-state index in [2.05, 4.69) is 13.2 Å². The predicted octanol–water partition coefficient (Wildman–Crippen LogP) is 2.42. The van der Waals surface area contributed by atoms with Crippen LogP contribution >= 0.6 is 11.6 Å². The second-order valence-electron chi connectivity index (χ2n) is 3.71. The summed E-state index contributed by atoms with van der Waals surface area (Å²) in [7, 11) is -3.37. The summed E-state index contributed by atoms with van der Waals surface area (Å²) in [6.45, 7) is 6.64. The van der Waals surface area contributed by atoms with Gasteiger partial charge >= 0.3 is 0 Å². The van der Waals surface area contributed by atoms with Crippen LogP contribution < -0.4 is 4.90 Å². The average molecular weight is 300 g/mol. The van der Waals surface area contributed by atoms with Crippen LogP contribution in [0.2, 0.25) is 5.02 Å². The molecule has 0 saturated carbocycles. The third kappa shape index (κ3) is 4.54. The van der Waals surface area contributed by atoms with Gasteiger partial charge in [-0.25, -0.2) is 8.42 Å². The number of amides is 1. The largest absolute Gasteiger partial charge is 0.308 e. The number of sulfone groups is 1. The van der Waals surface area contributed by atoms with Gasteiger partial charge in [-0.2, -0.15) is 0 Å². The third-order valence-corrected chi connectivity index (χ3v) is 3.91. The van der Waals surface area contributed by atoms with Crippen LogP contribution in [0, 0.1) is 0 Å². The number of halogens is 1. The topological polar surface area (TPSA) is 54.5 Å². The summed E-state index contributed by atoms with van der Waals surface area (Å²) >= 11 is 5.86. The van der Waals surface area contributed by atoms with Gasteiger partial charge in [-0.1, -0.05) is 30.8 Å². The number of rotatable bonds is 6. The fourth-order valence-electron chi connectivity index (χ4n) is 1.42. The van der Waals surface area contributed by atoms with Gasteiger partial charge in [-0.05, 0) is 24.3 Å². The van der Waals surface area contributed by atoms with E-state index in [1.165, 1.54) is 4.90 Å². The number of hydrogen-bond donors (Lipinski definition) is 0. The van der Waals surface area contributed by atoms with E-state index in [-0.39, 0.29) is 18.2 Å². The summed E-state index contributed by atoms with van der Waals surface area (Å²) < 4.78 is 22.8. The summed E-state index contributed by atoms with van der Waals surface area (Å²) in [6.07, 6.45) is 1.13. The summed E-state index contributed by atoms with van der Waals surface area (Å²) in [5, 5.41) is 1.34. The third-order valence-electron chi connectivity index (χ3n) is 2.41. The number of carbonyl (C=O) groups is 1. The Morgan fingerprint density at radius 3 is 2.58 bits per heavy atom. The second kappa shape index (κ2) is 6.54. The van der Waals surface area contributed by atoms with Crippen molar-refractivity contribution >= 4 is 33.0 Å². The molecule has 6 heteroatoms. The van der Waals surface area contributed by atoms with Crippen molar-refractivity contribution in [3.8, 4) is 0 Å². The van der Waals surface area contributed by atoms with Crippen LogP contribution in [0.15, 0.2) is 48.9 Å². The van der Waals surface area contributed by atoms with Gasteiger partial charge < -0.3 is 4.90 Å². The molecule has 0 aliphatic carbocycles. The monoisotopic (exact) mass is 299 g/mol. The summed E-state index contributed by atoms with van der Waals surface area (Å²) in [6, 6.07) is 6.61. The number of hydrogen-bond acceptors (Lipinski definition) is 3. The standard InChI is InChI=1S/C13H14ClNO3S/c1-3-13(16)15(8-9-19(17,18)4-2)12-7-5-6-11(14)10-12/h3-7,10H,1-2,8-9H2. The average Bonchev–Trinajstić information content (AvgIpc) is 2.38. The van der Waals surface area contributed by atoms with Gasteiger partial charge in [0.15, 0.2) is 9.84 Å². The normalized spacial score (nSPS) is 10.8. The molecule has 0 aliphatic heterocycles. The summed E-state index contributed by atoms with van der Waals surface area (Å²) in [5.41, 5.74) is 0.525. The first-order chi connectivity index (χ1) is 8.89. The quantitative estimate of drug-likeness (QED) is 0.758. The Balaban J connectivity index is 3.00. The molecule has 1 aromatic carbocycles. The van der Waals surface area contributed by atoms with Crippen LogP contribution in [-0.2, 0) is 14.6 Å². The van der Waals surface area contributed by atoms with Crippen molar-refractivity contribution in [1.82, 2.24) is 0 Å². The number of carbonyl (C=O) groups excluding carboxylic acids is 1. The Hall–Kier alpha value is -1.59. The molecule has 0 bridgehead atoms. The maximum absolute atomic E-state index is 11.8. The van der Waals surface area contributed by atoms with Crippen LogP contribution in [0.3, 0.4) is 0 Å². The highest BCUT2D eigenvalue weighted by Gasteiger charge is 2.16. The minimum Gasteiger partial charge on any atom is -0.308 e. The van der Waals surface area contributed by atoms with Crippen molar-refractivity contribution in [2.75, 3.05) is 17.2 Å². The zero-order chi connectivity index (χ0) is 14.5.